The zero-order valence-corrected chi connectivity index (χ0v) is 12.5. The minimum Gasteiger partial charge on any atom is -0.462 e. The van der Waals surface area contributed by atoms with Gasteiger partial charge < -0.3 is 21.1 Å². The summed E-state index contributed by atoms with van der Waals surface area (Å²) in [6.45, 7) is 8.88. The van der Waals surface area contributed by atoms with Gasteiger partial charge in [0, 0.05) is 17.5 Å². The molecular weight excluding hydrogens is 230 g/mol. The summed E-state index contributed by atoms with van der Waals surface area (Å²) >= 11 is 0. The van der Waals surface area contributed by atoms with Crippen molar-refractivity contribution in [1.82, 2.24) is 4.90 Å². The molecule has 0 aromatic rings. The van der Waals surface area contributed by atoms with Crippen molar-refractivity contribution in [1.29, 1.82) is 0 Å². The predicted octanol–water partition coefficient (Wildman–Crippen LogP) is 0.902. The van der Waals surface area contributed by atoms with Gasteiger partial charge in [0.1, 0.15) is 0 Å². The molecule has 0 spiro atoms. The van der Waals surface area contributed by atoms with Gasteiger partial charge in [-0.3, -0.25) is 0 Å². The van der Waals surface area contributed by atoms with Crippen molar-refractivity contribution in [3.8, 4) is 0 Å². The molecule has 0 aliphatic carbocycles. The number of carbonyl (C=O) groups is 1. The van der Waals surface area contributed by atoms with Gasteiger partial charge in [0.2, 0.25) is 0 Å². The van der Waals surface area contributed by atoms with E-state index in [0.717, 1.165) is 0 Å². The molecule has 1 unspecified atom stereocenters. The van der Waals surface area contributed by atoms with E-state index in [2.05, 4.69) is 6.58 Å². The highest BCUT2D eigenvalue weighted by molar-refractivity contribution is 5.86. The second-order valence-corrected chi connectivity index (χ2v) is 5.11. The largest absolute Gasteiger partial charge is 0.462 e. The number of nitrogens with two attached hydrogens (primary N) is 2. The lowest BCUT2D eigenvalue weighted by Gasteiger charge is -2.27. The monoisotopic (exact) mass is 258 g/mol. The van der Waals surface area contributed by atoms with Crippen molar-refractivity contribution in [2.75, 3.05) is 27.7 Å². The molecule has 18 heavy (non-hydrogen) atoms. The van der Waals surface area contributed by atoms with Crippen LogP contribution in [-0.4, -0.2) is 44.2 Å². The third-order valence-electron chi connectivity index (χ3n) is 2.10. The van der Waals surface area contributed by atoms with E-state index in [9.17, 15) is 4.79 Å². The molecule has 1 radical (unpaired) electrons. The fourth-order valence-electron chi connectivity index (χ4n) is 0.676. The maximum atomic E-state index is 11.0. The first-order valence-electron chi connectivity index (χ1n) is 5.82. The number of rotatable bonds is 5. The Morgan fingerprint density at radius 2 is 1.72 bits per heavy atom. The summed E-state index contributed by atoms with van der Waals surface area (Å²) in [6, 6.07) is 0.629. The highest BCUT2D eigenvalue weighted by Gasteiger charge is 2.24. The predicted molar refractivity (Wildman–Crippen MR) is 75.7 cm³/mol. The van der Waals surface area contributed by atoms with Crippen LogP contribution in [0.3, 0.4) is 0 Å². The van der Waals surface area contributed by atoms with Crippen LogP contribution in [0.4, 0.5) is 0 Å². The molecule has 0 rings (SSSR count). The summed E-state index contributed by atoms with van der Waals surface area (Å²) in [4.78, 5) is 13.0. The van der Waals surface area contributed by atoms with Gasteiger partial charge >= 0.3 is 5.97 Å². The van der Waals surface area contributed by atoms with Crippen molar-refractivity contribution >= 4 is 5.97 Å². The van der Waals surface area contributed by atoms with Crippen LogP contribution in [0.25, 0.3) is 0 Å². The molecule has 0 saturated carbocycles. The molecule has 0 aromatic heterocycles. The first kappa shape index (κ1) is 19.4. The molecule has 4 N–H and O–H groups in total. The Bertz CT molecular complexity index is 258. The summed E-state index contributed by atoms with van der Waals surface area (Å²) in [6.07, 6.45) is 0.508. The van der Waals surface area contributed by atoms with Crippen LogP contribution in [0, 0.1) is 6.04 Å². The highest BCUT2D eigenvalue weighted by atomic mass is 16.5. The SMILES string of the molecule is C=C(C)C(=O)OCCC(C)(N)[C](C)N.CN(C)C. The molecule has 0 heterocycles. The third-order valence-corrected chi connectivity index (χ3v) is 2.10. The van der Waals surface area contributed by atoms with Gasteiger partial charge in [-0.25, -0.2) is 4.79 Å². The van der Waals surface area contributed by atoms with Crippen LogP contribution in [0.15, 0.2) is 12.2 Å². The first-order chi connectivity index (χ1) is 8.00. The summed E-state index contributed by atoms with van der Waals surface area (Å²) < 4.78 is 4.90. The van der Waals surface area contributed by atoms with Gasteiger partial charge in [0.15, 0.2) is 0 Å². The van der Waals surface area contributed by atoms with Crippen molar-refractivity contribution in [2.24, 2.45) is 11.5 Å². The molecule has 0 aliphatic rings. The average molecular weight is 258 g/mol. The van der Waals surface area contributed by atoms with Crippen molar-refractivity contribution in [2.45, 2.75) is 32.7 Å². The van der Waals surface area contributed by atoms with E-state index in [-0.39, 0.29) is 6.61 Å². The minimum absolute atomic E-state index is 0.257. The summed E-state index contributed by atoms with van der Waals surface area (Å²) in [5.41, 5.74) is 11.2. The Balaban J connectivity index is 0. The van der Waals surface area contributed by atoms with Crippen LogP contribution in [-0.2, 0) is 9.53 Å². The number of hydrogen-bond donors (Lipinski definition) is 2. The third kappa shape index (κ3) is 11.6. The van der Waals surface area contributed by atoms with Crippen molar-refractivity contribution < 1.29 is 9.53 Å². The number of esters is 1. The quantitative estimate of drug-likeness (QED) is 0.565. The molecule has 0 aromatic carbocycles. The lowest BCUT2D eigenvalue weighted by atomic mass is 9.92. The molecule has 5 nitrogen and oxygen atoms in total. The number of ether oxygens (including phenoxy) is 1. The normalized spacial score (nSPS) is 13.7. The molecular formula is C13H28N3O2. The molecule has 0 fully saturated rings. The molecule has 107 valence electrons. The Labute approximate surface area is 111 Å². The van der Waals surface area contributed by atoms with Gasteiger partial charge in [-0.15, -0.1) is 0 Å². The zero-order chi connectivity index (χ0) is 14.9. The summed E-state index contributed by atoms with van der Waals surface area (Å²) in [5, 5.41) is 0. The number of nitrogens with zero attached hydrogens (tertiary/aromatic N) is 1. The second-order valence-electron chi connectivity index (χ2n) is 5.11. The number of carbonyl (C=O) groups excluding carboxylic acids is 1. The molecule has 1 atom stereocenters. The maximum absolute atomic E-state index is 11.0. The van der Waals surface area contributed by atoms with E-state index < -0.39 is 11.5 Å². The fourth-order valence-corrected chi connectivity index (χ4v) is 0.676. The van der Waals surface area contributed by atoms with Gasteiger partial charge in [0.25, 0.3) is 0 Å². The molecule has 0 saturated heterocycles. The van der Waals surface area contributed by atoms with Crippen LogP contribution in [0.2, 0.25) is 0 Å². The van der Waals surface area contributed by atoms with Gasteiger partial charge in [0.05, 0.1) is 12.6 Å². The van der Waals surface area contributed by atoms with Gasteiger partial charge in [-0.2, -0.15) is 0 Å². The number of hydrogen-bond acceptors (Lipinski definition) is 5. The first-order valence-corrected chi connectivity index (χ1v) is 5.82. The van der Waals surface area contributed by atoms with E-state index in [1.807, 2.05) is 26.0 Å². The van der Waals surface area contributed by atoms with Crippen LogP contribution >= 0.6 is 0 Å². The molecule has 0 bridgehead atoms. The molecule has 5 heteroatoms. The summed E-state index contributed by atoms with van der Waals surface area (Å²) in [5.74, 6) is -0.393. The Hall–Kier alpha value is -0.910. The topological polar surface area (TPSA) is 81.6 Å². The van der Waals surface area contributed by atoms with E-state index in [1.54, 1.807) is 20.8 Å². The zero-order valence-electron chi connectivity index (χ0n) is 12.5. The Morgan fingerprint density at radius 3 is 2.00 bits per heavy atom. The smallest absolute Gasteiger partial charge is 0.333 e. The van der Waals surface area contributed by atoms with Crippen molar-refractivity contribution in [3.05, 3.63) is 18.2 Å². The van der Waals surface area contributed by atoms with Crippen LogP contribution < -0.4 is 11.5 Å². The summed E-state index contributed by atoms with van der Waals surface area (Å²) in [7, 11) is 6.00. The van der Waals surface area contributed by atoms with E-state index >= 15 is 0 Å². The van der Waals surface area contributed by atoms with E-state index in [0.29, 0.717) is 18.0 Å². The highest BCUT2D eigenvalue weighted by Crippen LogP contribution is 2.14. The van der Waals surface area contributed by atoms with Crippen molar-refractivity contribution in [3.63, 3.8) is 0 Å². The standard InChI is InChI=1S/C10H19N2O2.C3H9N/c1-7(2)9(13)14-6-5-10(4,12)8(3)11;1-4(2)3/h1,5-6,11-12H2,2-4H3;1-3H3. The van der Waals surface area contributed by atoms with Crippen LogP contribution in [0.5, 0.6) is 0 Å². The minimum atomic E-state index is -0.588. The average Bonchev–Trinajstić information content (AvgIpc) is 2.15. The van der Waals surface area contributed by atoms with Gasteiger partial charge in [-0.1, -0.05) is 6.58 Å². The molecule has 0 amide bonds. The second kappa shape index (κ2) is 9.08. The maximum Gasteiger partial charge on any atom is 0.333 e. The lowest BCUT2D eigenvalue weighted by Crippen LogP contribution is -2.46. The van der Waals surface area contributed by atoms with E-state index in [4.69, 9.17) is 16.2 Å². The lowest BCUT2D eigenvalue weighted by molar-refractivity contribution is -0.139. The Morgan fingerprint density at radius 1 is 1.33 bits per heavy atom. The van der Waals surface area contributed by atoms with Gasteiger partial charge in [-0.05, 0) is 41.9 Å². The van der Waals surface area contributed by atoms with E-state index in [1.165, 1.54) is 0 Å². The Kier molecular flexibility index (Phi) is 9.80. The van der Waals surface area contributed by atoms with Crippen LogP contribution in [0.1, 0.15) is 27.2 Å². The molecule has 0 aliphatic heterocycles. The fraction of sp³-hybridized carbons (Fsp3) is 0.692.